The lowest BCUT2D eigenvalue weighted by atomic mass is 9.84. The van der Waals surface area contributed by atoms with Crippen LogP contribution in [-0.2, 0) is 17.0 Å². The fourth-order valence-electron chi connectivity index (χ4n) is 3.79. The second-order valence-corrected chi connectivity index (χ2v) is 8.87. The van der Waals surface area contributed by atoms with Gasteiger partial charge in [0.05, 0.1) is 22.9 Å². The summed E-state index contributed by atoms with van der Waals surface area (Å²) in [6.07, 6.45) is 0.841. The number of nitriles is 1. The van der Waals surface area contributed by atoms with Crippen LogP contribution in [-0.4, -0.2) is 21.9 Å². The number of nitrogens with zero attached hydrogens (tertiary/aromatic N) is 2. The van der Waals surface area contributed by atoms with Crippen LogP contribution in [0.25, 0.3) is 0 Å². The smallest absolute Gasteiger partial charge is 0.244 e. The number of aromatic nitrogens is 2. The largest absolute Gasteiger partial charge is 0.420 e. The van der Waals surface area contributed by atoms with Gasteiger partial charge in [-0.15, -0.1) is 16.9 Å². The van der Waals surface area contributed by atoms with Crippen LogP contribution >= 0.6 is 23.4 Å². The zero-order valence-corrected chi connectivity index (χ0v) is 19.5. The van der Waals surface area contributed by atoms with Gasteiger partial charge in [-0.25, -0.2) is 0 Å². The molecule has 33 heavy (non-hydrogen) atoms. The Bertz CT molecular complexity index is 1250. The summed E-state index contributed by atoms with van der Waals surface area (Å²) in [6.45, 7) is 2.05. The molecule has 0 aliphatic carbocycles. The second kappa shape index (κ2) is 10.0. The van der Waals surface area contributed by atoms with Gasteiger partial charge in [0.2, 0.25) is 17.7 Å². The predicted molar refractivity (Wildman–Crippen MR) is 130 cm³/mol. The highest BCUT2D eigenvalue weighted by atomic mass is 35.5. The summed E-state index contributed by atoms with van der Waals surface area (Å²) in [5.41, 5.74) is 10.6. The predicted octanol–water partition coefficient (Wildman–Crippen LogP) is 4.72. The van der Waals surface area contributed by atoms with Crippen molar-refractivity contribution in [3.05, 3.63) is 87.4 Å². The number of aryl methyl sites for hydroxylation is 1. The van der Waals surface area contributed by atoms with Gasteiger partial charge in [-0.2, -0.15) is 5.26 Å². The quantitative estimate of drug-likeness (QED) is 0.451. The van der Waals surface area contributed by atoms with Crippen molar-refractivity contribution in [3.63, 3.8) is 0 Å². The normalized spacial score (nSPS) is 14.9. The molecule has 0 spiro atoms. The summed E-state index contributed by atoms with van der Waals surface area (Å²) >= 11 is 7.49. The number of hydrogen-bond acceptors (Lipinski definition) is 6. The number of allylic oxidation sites excluding steroid dienone is 1. The third-order valence-electron chi connectivity index (χ3n) is 5.37. The molecule has 0 saturated carbocycles. The maximum Gasteiger partial charge on any atom is 0.244 e. The summed E-state index contributed by atoms with van der Waals surface area (Å²) in [6, 6.07) is 17.2. The Kier molecular flexibility index (Phi) is 6.92. The lowest BCUT2D eigenvalue weighted by molar-refractivity contribution is -0.113. The first-order valence-corrected chi connectivity index (χ1v) is 11.9. The molecule has 0 radical (unpaired) electrons. The number of halogens is 1. The third kappa shape index (κ3) is 4.85. The number of H-pyrrole nitrogens is 1. The van der Waals surface area contributed by atoms with E-state index in [1.165, 1.54) is 11.8 Å². The molecular weight excluding hydrogens is 458 g/mol. The van der Waals surface area contributed by atoms with E-state index in [9.17, 15) is 10.1 Å². The number of ether oxygens (including phenoxy) is 1. The molecule has 0 saturated heterocycles. The number of nitrogens with two attached hydrogens (primary N) is 1. The summed E-state index contributed by atoms with van der Waals surface area (Å²) in [4.78, 5) is 12.5. The Morgan fingerprint density at radius 3 is 2.79 bits per heavy atom. The SMILES string of the molecule is CCc1ccccc1NC(=O)CSCc1[nH]nc2c1[C@H](c1ccc(Cl)cc1)C(C#N)=C(N)O2. The van der Waals surface area contributed by atoms with Crippen LogP contribution in [0, 0.1) is 11.3 Å². The summed E-state index contributed by atoms with van der Waals surface area (Å²) in [5.74, 6) is 0.601. The minimum Gasteiger partial charge on any atom is -0.420 e. The van der Waals surface area contributed by atoms with Crippen molar-refractivity contribution >= 4 is 35.0 Å². The van der Waals surface area contributed by atoms with Crippen molar-refractivity contribution in [2.45, 2.75) is 25.0 Å². The first-order valence-electron chi connectivity index (χ1n) is 10.4. The molecule has 1 aliphatic rings. The lowest BCUT2D eigenvalue weighted by Crippen LogP contribution is -2.21. The van der Waals surface area contributed by atoms with Gasteiger partial charge in [-0.1, -0.05) is 48.9 Å². The summed E-state index contributed by atoms with van der Waals surface area (Å²) in [7, 11) is 0. The van der Waals surface area contributed by atoms with Crippen molar-refractivity contribution in [2.75, 3.05) is 11.1 Å². The van der Waals surface area contributed by atoms with Gasteiger partial charge in [0, 0.05) is 16.5 Å². The molecule has 9 heteroatoms. The molecule has 2 aromatic carbocycles. The van der Waals surface area contributed by atoms with E-state index in [1.807, 2.05) is 36.4 Å². The number of hydrogen-bond donors (Lipinski definition) is 3. The van der Waals surface area contributed by atoms with Crippen molar-refractivity contribution < 1.29 is 9.53 Å². The molecule has 4 N–H and O–H groups in total. The first-order chi connectivity index (χ1) is 16.0. The highest BCUT2D eigenvalue weighted by Gasteiger charge is 2.35. The number of anilines is 1. The maximum absolute atomic E-state index is 12.5. The molecule has 0 bridgehead atoms. The van der Waals surface area contributed by atoms with Gasteiger partial charge in [0.1, 0.15) is 11.6 Å². The molecule has 0 unspecified atom stereocenters. The molecule has 4 rings (SSSR count). The van der Waals surface area contributed by atoms with E-state index in [2.05, 4.69) is 28.5 Å². The number of aromatic amines is 1. The van der Waals surface area contributed by atoms with Gasteiger partial charge < -0.3 is 15.8 Å². The lowest BCUT2D eigenvalue weighted by Gasteiger charge is -2.24. The number of amides is 1. The molecule has 1 aromatic heterocycles. The van der Waals surface area contributed by atoms with Crippen LogP contribution in [0.15, 0.2) is 60.0 Å². The number of carbonyl (C=O) groups is 1. The van der Waals surface area contributed by atoms with Crippen molar-refractivity contribution in [3.8, 4) is 11.9 Å². The number of carbonyl (C=O) groups excluding carboxylic acids is 1. The van der Waals surface area contributed by atoms with Crippen molar-refractivity contribution in [1.29, 1.82) is 5.26 Å². The average Bonchev–Trinajstić information content (AvgIpc) is 3.21. The molecule has 2 heterocycles. The van der Waals surface area contributed by atoms with E-state index in [4.69, 9.17) is 22.1 Å². The van der Waals surface area contributed by atoms with Crippen molar-refractivity contribution in [1.82, 2.24) is 10.2 Å². The van der Waals surface area contributed by atoms with Crippen LogP contribution in [0.2, 0.25) is 5.02 Å². The van der Waals surface area contributed by atoms with Crippen LogP contribution in [0.5, 0.6) is 5.88 Å². The molecule has 1 aliphatic heterocycles. The monoisotopic (exact) mass is 479 g/mol. The molecule has 1 atom stereocenters. The number of benzene rings is 2. The Morgan fingerprint density at radius 1 is 1.30 bits per heavy atom. The van der Waals surface area contributed by atoms with Crippen LogP contribution in [0.3, 0.4) is 0 Å². The van der Waals surface area contributed by atoms with E-state index >= 15 is 0 Å². The Hall–Kier alpha value is -3.41. The third-order valence-corrected chi connectivity index (χ3v) is 6.58. The van der Waals surface area contributed by atoms with E-state index < -0.39 is 5.92 Å². The highest BCUT2D eigenvalue weighted by molar-refractivity contribution is 7.99. The number of fused-ring (bicyclic) bond motifs is 1. The molecule has 168 valence electrons. The van der Waals surface area contributed by atoms with E-state index in [0.717, 1.165) is 34.5 Å². The zero-order chi connectivity index (χ0) is 23.4. The van der Waals surface area contributed by atoms with E-state index in [0.29, 0.717) is 22.2 Å². The topological polar surface area (TPSA) is 117 Å². The summed E-state index contributed by atoms with van der Waals surface area (Å²) < 4.78 is 5.60. The molecule has 3 aromatic rings. The number of thioether (sulfide) groups is 1. The number of para-hydroxylation sites is 1. The van der Waals surface area contributed by atoms with Gasteiger partial charge in [-0.3, -0.25) is 9.89 Å². The summed E-state index contributed by atoms with van der Waals surface area (Å²) in [5, 5.41) is 20.6. The Balaban J connectivity index is 1.51. The number of nitrogens with one attached hydrogen (secondary N) is 2. The molecular formula is C24H22ClN5O2S. The van der Waals surface area contributed by atoms with E-state index in [-0.39, 0.29) is 17.5 Å². The number of rotatable bonds is 7. The van der Waals surface area contributed by atoms with Gasteiger partial charge >= 0.3 is 0 Å². The standard InChI is InChI=1S/C24H22ClN5O2S/c1-2-14-5-3-4-6-18(14)28-20(31)13-33-12-19-22-21(15-7-9-16(25)10-8-15)17(11-26)23(27)32-24(22)30-29-19/h3-10,21H,2,12-13,27H2,1H3,(H,28,31)(H,29,30)/t21-/m1/s1. The fraction of sp³-hybridized carbons (Fsp3) is 0.208. The molecule has 0 fully saturated rings. The zero-order valence-electron chi connectivity index (χ0n) is 17.9. The van der Waals surface area contributed by atoms with Crippen LogP contribution < -0.4 is 15.8 Å². The molecule has 1 amide bonds. The van der Waals surface area contributed by atoms with Crippen LogP contribution in [0.4, 0.5) is 5.69 Å². The second-order valence-electron chi connectivity index (χ2n) is 7.45. The van der Waals surface area contributed by atoms with E-state index in [1.54, 1.807) is 12.1 Å². The fourth-order valence-corrected chi connectivity index (χ4v) is 4.70. The Labute approximate surface area is 201 Å². The maximum atomic E-state index is 12.5. The van der Waals surface area contributed by atoms with Gasteiger partial charge in [0.25, 0.3) is 0 Å². The Morgan fingerprint density at radius 2 is 2.06 bits per heavy atom. The van der Waals surface area contributed by atoms with Gasteiger partial charge in [-0.05, 0) is 35.7 Å². The van der Waals surface area contributed by atoms with Crippen molar-refractivity contribution in [2.24, 2.45) is 5.73 Å². The van der Waals surface area contributed by atoms with Crippen LogP contribution in [0.1, 0.15) is 35.2 Å². The van der Waals surface area contributed by atoms with Gasteiger partial charge in [0.15, 0.2) is 0 Å². The highest BCUT2D eigenvalue weighted by Crippen LogP contribution is 2.43. The molecule has 7 nitrogen and oxygen atoms in total. The minimum absolute atomic E-state index is 0.0321. The first kappa shape index (κ1) is 22.8. The average molecular weight is 480 g/mol. The minimum atomic E-state index is -0.435.